The van der Waals surface area contributed by atoms with Gasteiger partial charge in [0.15, 0.2) is 0 Å². The first kappa shape index (κ1) is 14.5. The molecule has 1 aromatic carbocycles. The average Bonchev–Trinajstić information content (AvgIpc) is 2.49. The van der Waals surface area contributed by atoms with Gasteiger partial charge in [-0.1, -0.05) is 0 Å². The molecule has 0 bridgehead atoms. The van der Waals surface area contributed by atoms with Crippen LogP contribution in [0.3, 0.4) is 0 Å². The van der Waals surface area contributed by atoms with E-state index in [4.69, 9.17) is 15.1 Å². The zero-order chi connectivity index (χ0) is 15.4. The number of hydrogen-bond donors (Lipinski definition) is 1. The zero-order valence-corrected chi connectivity index (χ0v) is 11.4. The van der Waals surface area contributed by atoms with Crippen molar-refractivity contribution < 1.29 is 19.4 Å². The number of ether oxygens (including phenoxy) is 1. The molecule has 1 N–H and O–H groups in total. The van der Waals surface area contributed by atoms with Crippen molar-refractivity contribution in [2.75, 3.05) is 7.11 Å². The molecule has 2 rings (SSSR count). The molecule has 0 aliphatic carbocycles. The Morgan fingerprint density at radius 3 is 2.90 bits per heavy atom. The van der Waals surface area contributed by atoms with Crippen molar-refractivity contribution in [1.29, 1.82) is 5.26 Å². The van der Waals surface area contributed by atoms with E-state index >= 15 is 0 Å². The van der Waals surface area contributed by atoms with Crippen LogP contribution in [0.1, 0.15) is 24.0 Å². The molecule has 7 nitrogen and oxygen atoms in total. The number of amides is 1. The van der Waals surface area contributed by atoms with E-state index in [1.807, 2.05) is 6.07 Å². The van der Waals surface area contributed by atoms with Crippen LogP contribution in [0.4, 0.5) is 0 Å². The number of carboxylic acids is 1. The third-order valence-electron chi connectivity index (χ3n) is 3.08. The Labute approximate surface area is 121 Å². The van der Waals surface area contributed by atoms with Crippen molar-refractivity contribution in [1.82, 2.24) is 5.01 Å². The van der Waals surface area contributed by atoms with Gasteiger partial charge in [0, 0.05) is 18.4 Å². The van der Waals surface area contributed by atoms with Crippen LogP contribution in [0.5, 0.6) is 5.75 Å². The van der Waals surface area contributed by atoms with E-state index in [0.717, 1.165) is 5.01 Å². The lowest BCUT2D eigenvalue weighted by atomic mass is 10.1. The van der Waals surface area contributed by atoms with Crippen LogP contribution < -0.4 is 4.74 Å². The summed E-state index contributed by atoms with van der Waals surface area (Å²) in [4.78, 5) is 22.8. The van der Waals surface area contributed by atoms with Crippen LogP contribution in [0, 0.1) is 11.3 Å². The van der Waals surface area contributed by atoms with E-state index in [-0.39, 0.29) is 31.0 Å². The summed E-state index contributed by atoms with van der Waals surface area (Å²) in [7, 11) is 1.48. The molecule has 1 aliphatic rings. The van der Waals surface area contributed by atoms with Gasteiger partial charge in [-0.15, -0.1) is 0 Å². The van der Waals surface area contributed by atoms with E-state index < -0.39 is 5.97 Å². The summed E-state index contributed by atoms with van der Waals surface area (Å²) in [6.07, 6.45) is 0.228. The van der Waals surface area contributed by atoms with Gasteiger partial charge in [-0.05, 0) is 18.2 Å². The molecule has 0 saturated carbocycles. The molecule has 7 heteroatoms. The molecule has 1 aliphatic heterocycles. The number of nitriles is 1. The molecular formula is C14H13N3O4. The van der Waals surface area contributed by atoms with Crippen molar-refractivity contribution in [3.8, 4) is 11.8 Å². The van der Waals surface area contributed by atoms with Gasteiger partial charge in [-0.3, -0.25) is 4.79 Å². The van der Waals surface area contributed by atoms with Crippen molar-refractivity contribution in [3.63, 3.8) is 0 Å². The molecule has 1 amide bonds. The topological polar surface area (TPSA) is 103 Å². The molecule has 1 heterocycles. The van der Waals surface area contributed by atoms with Gasteiger partial charge in [0.1, 0.15) is 11.5 Å². The molecular weight excluding hydrogens is 274 g/mol. The number of aliphatic carboxylic acids is 1. The summed E-state index contributed by atoms with van der Waals surface area (Å²) >= 11 is 0. The van der Waals surface area contributed by atoms with Crippen LogP contribution >= 0.6 is 0 Å². The summed E-state index contributed by atoms with van der Waals surface area (Å²) in [5, 5.41) is 22.8. The largest absolute Gasteiger partial charge is 0.496 e. The van der Waals surface area contributed by atoms with Gasteiger partial charge in [0.2, 0.25) is 5.91 Å². The number of hydrogen-bond acceptors (Lipinski definition) is 5. The van der Waals surface area contributed by atoms with E-state index in [1.54, 1.807) is 18.2 Å². The molecule has 108 valence electrons. The summed E-state index contributed by atoms with van der Waals surface area (Å²) in [5.74, 6) is -0.880. The number of hydrazone groups is 1. The normalized spacial score (nSPS) is 14.4. The minimum absolute atomic E-state index is 0.0509. The third-order valence-corrected chi connectivity index (χ3v) is 3.08. The minimum atomic E-state index is -1.13. The Morgan fingerprint density at radius 2 is 2.29 bits per heavy atom. The van der Waals surface area contributed by atoms with Gasteiger partial charge in [0.25, 0.3) is 0 Å². The van der Waals surface area contributed by atoms with Gasteiger partial charge >= 0.3 is 5.97 Å². The summed E-state index contributed by atoms with van der Waals surface area (Å²) < 4.78 is 5.18. The minimum Gasteiger partial charge on any atom is -0.496 e. The molecule has 0 radical (unpaired) electrons. The molecule has 0 aromatic heterocycles. The first-order valence-corrected chi connectivity index (χ1v) is 6.23. The molecule has 1 aromatic rings. The molecule has 0 saturated heterocycles. The van der Waals surface area contributed by atoms with E-state index in [1.165, 1.54) is 7.11 Å². The molecule has 0 atom stereocenters. The maximum absolute atomic E-state index is 11.8. The fourth-order valence-electron chi connectivity index (χ4n) is 2.01. The van der Waals surface area contributed by atoms with Crippen molar-refractivity contribution in [2.45, 2.75) is 19.4 Å². The highest BCUT2D eigenvalue weighted by molar-refractivity contribution is 6.36. The lowest BCUT2D eigenvalue weighted by Crippen LogP contribution is -2.33. The molecule has 0 fully saturated rings. The highest BCUT2D eigenvalue weighted by atomic mass is 16.5. The fourth-order valence-corrected chi connectivity index (χ4v) is 2.01. The van der Waals surface area contributed by atoms with E-state index in [0.29, 0.717) is 16.9 Å². The molecule has 0 spiro atoms. The zero-order valence-electron chi connectivity index (χ0n) is 11.4. The number of nitrogens with zero attached hydrogens (tertiary/aromatic N) is 3. The average molecular weight is 287 g/mol. The van der Waals surface area contributed by atoms with Crippen LogP contribution in [0.25, 0.3) is 0 Å². The smallest absolute Gasteiger partial charge is 0.352 e. The Hall–Kier alpha value is -2.88. The standard InChI is InChI=1S/C14H13N3O4/c1-21-12-4-2-9(7-15)6-10(12)8-17-13(18)5-3-11(16-17)14(19)20/h2,4,6H,3,5,8H2,1H3,(H,19,20). The van der Waals surface area contributed by atoms with Gasteiger partial charge in [-0.2, -0.15) is 10.4 Å². The predicted octanol–water partition coefficient (Wildman–Crippen LogP) is 1.13. The van der Waals surface area contributed by atoms with Crippen LogP contribution in [0.15, 0.2) is 23.3 Å². The number of benzene rings is 1. The maximum atomic E-state index is 11.8. The third kappa shape index (κ3) is 3.17. The first-order valence-electron chi connectivity index (χ1n) is 6.23. The first-order chi connectivity index (χ1) is 10.0. The Balaban J connectivity index is 2.32. The lowest BCUT2D eigenvalue weighted by molar-refractivity contribution is -0.133. The van der Waals surface area contributed by atoms with Crippen molar-refractivity contribution in [2.24, 2.45) is 5.10 Å². The Kier molecular flexibility index (Phi) is 4.18. The van der Waals surface area contributed by atoms with Gasteiger partial charge in [-0.25, -0.2) is 9.80 Å². The Bertz CT molecular complexity index is 661. The van der Waals surface area contributed by atoms with Crippen LogP contribution in [0.2, 0.25) is 0 Å². The summed E-state index contributed by atoms with van der Waals surface area (Å²) in [6, 6.07) is 6.83. The number of rotatable bonds is 4. The second kappa shape index (κ2) is 6.05. The number of carboxylic acid groups (broad SMARTS) is 1. The van der Waals surface area contributed by atoms with Gasteiger partial charge < -0.3 is 9.84 Å². The van der Waals surface area contributed by atoms with Crippen LogP contribution in [-0.4, -0.2) is 34.8 Å². The van der Waals surface area contributed by atoms with E-state index in [2.05, 4.69) is 5.10 Å². The molecule has 21 heavy (non-hydrogen) atoms. The van der Waals surface area contributed by atoms with Gasteiger partial charge in [0.05, 0.1) is 25.3 Å². The fraction of sp³-hybridized carbons (Fsp3) is 0.286. The van der Waals surface area contributed by atoms with Crippen molar-refractivity contribution in [3.05, 3.63) is 29.3 Å². The number of methoxy groups -OCH3 is 1. The predicted molar refractivity (Wildman–Crippen MR) is 72.6 cm³/mol. The monoisotopic (exact) mass is 287 g/mol. The van der Waals surface area contributed by atoms with Crippen LogP contribution in [-0.2, 0) is 16.1 Å². The maximum Gasteiger partial charge on any atom is 0.352 e. The SMILES string of the molecule is COc1ccc(C#N)cc1CN1N=C(C(=O)O)CCC1=O. The van der Waals surface area contributed by atoms with Crippen molar-refractivity contribution >= 4 is 17.6 Å². The summed E-state index contributed by atoms with van der Waals surface area (Å²) in [6.45, 7) is 0.0638. The number of carbonyl (C=O) groups is 2. The molecule has 0 unspecified atom stereocenters. The highest BCUT2D eigenvalue weighted by Crippen LogP contribution is 2.23. The Morgan fingerprint density at radius 1 is 1.52 bits per heavy atom. The van der Waals surface area contributed by atoms with E-state index in [9.17, 15) is 9.59 Å². The lowest BCUT2D eigenvalue weighted by Gasteiger charge is -2.23. The number of carbonyl (C=O) groups excluding carboxylic acids is 1. The summed E-state index contributed by atoms with van der Waals surface area (Å²) in [5.41, 5.74) is 0.975. The highest BCUT2D eigenvalue weighted by Gasteiger charge is 2.25. The quantitative estimate of drug-likeness (QED) is 0.894. The second-order valence-electron chi connectivity index (χ2n) is 4.44. The second-order valence-corrected chi connectivity index (χ2v) is 4.44.